The minimum absolute atomic E-state index is 0.406. The number of furan rings is 1. The number of nitrogens with one attached hydrogen (secondary N) is 1. The molecule has 1 aromatic carbocycles. The normalized spacial score (nSPS) is 16.1. The zero-order valence-electron chi connectivity index (χ0n) is 13.1. The van der Waals surface area contributed by atoms with Gasteiger partial charge in [0, 0.05) is 11.1 Å². The van der Waals surface area contributed by atoms with Crippen LogP contribution in [0.5, 0.6) is 0 Å². The number of esters is 1. The molecule has 0 radical (unpaired) electrons. The molecule has 128 valence electrons. The number of benzene rings is 1. The zero-order valence-corrected chi connectivity index (χ0v) is 13.9. The number of amides is 1. The highest BCUT2D eigenvalue weighted by atomic mass is 35.5. The van der Waals surface area contributed by atoms with Crippen LogP contribution in [0.25, 0.3) is 5.70 Å². The predicted molar refractivity (Wildman–Crippen MR) is 92.0 cm³/mol. The van der Waals surface area contributed by atoms with Gasteiger partial charge < -0.3 is 9.15 Å². The number of ether oxygens (including phenoxy) is 1. The summed E-state index contributed by atoms with van der Waals surface area (Å²) in [6.45, 7) is 2.89. The van der Waals surface area contributed by atoms with Crippen LogP contribution in [0.1, 0.15) is 17.4 Å². The first-order chi connectivity index (χ1) is 12.1. The van der Waals surface area contributed by atoms with E-state index in [4.69, 9.17) is 20.8 Å². The van der Waals surface area contributed by atoms with Crippen LogP contribution in [0.4, 0.5) is 0 Å². The van der Waals surface area contributed by atoms with Crippen LogP contribution in [-0.2, 0) is 14.3 Å². The molecule has 1 aliphatic heterocycles. The number of rotatable bonds is 5. The maximum absolute atomic E-state index is 12.5. The quantitative estimate of drug-likeness (QED) is 0.657. The maximum Gasteiger partial charge on any atom is 0.330 e. The summed E-state index contributed by atoms with van der Waals surface area (Å²) in [4.78, 5) is 23.6. The van der Waals surface area contributed by atoms with Gasteiger partial charge in [0.25, 0.3) is 5.91 Å². The van der Waals surface area contributed by atoms with Crippen molar-refractivity contribution >= 4 is 29.2 Å². The summed E-state index contributed by atoms with van der Waals surface area (Å²) in [7, 11) is 0. The van der Waals surface area contributed by atoms with E-state index in [9.17, 15) is 9.59 Å². The molecule has 0 fully saturated rings. The summed E-state index contributed by atoms with van der Waals surface area (Å²) >= 11 is 5.92. The van der Waals surface area contributed by atoms with E-state index < -0.39 is 24.5 Å². The van der Waals surface area contributed by atoms with Crippen molar-refractivity contribution in [3.05, 3.63) is 77.7 Å². The summed E-state index contributed by atoms with van der Waals surface area (Å²) in [5.41, 5.74) is 4.62. The average Bonchev–Trinajstić information content (AvgIpc) is 3.29. The number of hydrogen-bond donors (Lipinski definition) is 1. The fourth-order valence-electron chi connectivity index (χ4n) is 2.41. The van der Waals surface area contributed by atoms with Gasteiger partial charge in [-0.1, -0.05) is 30.3 Å². The van der Waals surface area contributed by atoms with Gasteiger partial charge >= 0.3 is 5.97 Å². The largest absolute Gasteiger partial charge is 0.467 e. The van der Waals surface area contributed by atoms with Crippen LogP contribution < -0.4 is 5.43 Å². The van der Waals surface area contributed by atoms with Crippen LogP contribution in [0.15, 0.2) is 65.8 Å². The summed E-state index contributed by atoms with van der Waals surface area (Å²) in [5.74, 6) is -0.496. The molecule has 1 aliphatic rings. The highest BCUT2D eigenvalue weighted by molar-refractivity contribution is 6.30. The van der Waals surface area contributed by atoms with Crippen molar-refractivity contribution < 1.29 is 18.7 Å². The van der Waals surface area contributed by atoms with Crippen molar-refractivity contribution in [3.8, 4) is 0 Å². The summed E-state index contributed by atoms with van der Waals surface area (Å²) in [5, 5.41) is 1.98. The second-order valence-corrected chi connectivity index (χ2v) is 5.67. The highest BCUT2D eigenvalue weighted by Gasteiger charge is 2.32. The lowest BCUT2D eigenvalue weighted by molar-refractivity contribution is -0.150. The molecule has 3 rings (SSSR count). The Kier molecular flexibility index (Phi) is 4.90. The van der Waals surface area contributed by atoms with E-state index in [0.717, 1.165) is 17.3 Å². The van der Waals surface area contributed by atoms with E-state index in [0.29, 0.717) is 10.8 Å². The van der Waals surface area contributed by atoms with Gasteiger partial charge in [0.05, 0.1) is 12.0 Å². The molecular formula is C18H15ClN2O4. The van der Waals surface area contributed by atoms with E-state index >= 15 is 0 Å². The molecule has 2 aromatic rings. The van der Waals surface area contributed by atoms with Gasteiger partial charge in [-0.25, -0.2) is 9.80 Å². The van der Waals surface area contributed by atoms with Crippen molar-refractivity contribution in [2.24, 2.45) is 0 Å². The minimum atomic E-state index is -0.659. The van der Waals surface area contributed by atoms with Crippen molar-refractivity contribution in [1.29, 1.82) is 0 Å². The molecule has 1 aromatic heterocycles. The Morgan fingerprint density at radius 2 is 2.08 bits per heavy atom. The molecule has 1 amide bonds. The number of hydrazine groups is 1. The van der Waals surface area contributed by atoms with Gasteiger partial charge in [-0.05, 0) is 35.9 Å². The first-order valence-corrected chi connectivity index (χ1v) is 7.85. The number of carbonyl (C=O) groups is 2. The van der Waals surface area contributed by atoms with E-state index in [1.165, 1.54) is 11.3 Å². The Morgan fingerprint density at radius 3 is 2.72 bits per heavy atom. The highest BCUT2D eigenvalue weighted by Crippen LogP contribution is 2.31. The lowest BCUT2D eigenvalue weighted by Gasteiger charge is -2.23. The third-order valence-corrected chi connectivity index (χ3v) is 3.86. The standard InChI is InChI=1S/C18H15ClN2O4/c1-2-18(23)25-11-17(22)21-15(16-4-3-9-24-16)10-14(20-21)12-5-7-13(19)8-6-12/h2-10,15,20H,1,11H2. The summed E-state index contributed by atoms with van der Waals surface area (Å²) in [6.07, 6.45) is 4.39. The second kappa shape index (κ2) is 7.27. The Bertz CT molecular complexity index is 812. The van der Waals surface area contributed by atoms with Crippen LogP contribution in [0, 0.1) is 0 Å². The van der Waals surface area contributed by atoms with Crippen molar-refractivity contribution in [3.63, 3.8) is 0 Å². The molecule has 1 atom stereocenters. The number of nitrogens with zero attached hydrogens (tertiary/aromatic N) is 1. The molecule has 0 bridgehead atoms. The van der Waals surface area contributed by atoms with Gasteiger partial charge in [0.15, 0.2) is 6.61 Å². The first-order valence-electron chi connectivity index (χ1n) is 7.47. The molecule has 0 spiro atoms. The van der Waals surface area contributed by atoms with Gasteiger partial charge in [-0.2, -0.15) is 0 Å². The summed E-state index contributed by atoms with van der Waals surface area (Å²) in [6, 6.07) is 10.2. The predicted octanol–water partition coefficient (Wildman–Crippen LogP) is 3.09. The smallest absolute Gasteiger partial charge is 0.330 e. The molecule has 7 heteroatoms. The van der Waals surface area contributed by atoms with Crippen LogP contribution in [0.2, 0.25) is 5.02 Å². The molecule has 1 N–H and O–H groups in total. The second-order valence-electron chi connectivity index (χ2n) is 5.23. The Hall–Kier alpha value is -2.99. The third-order valence-electron chi connectivity index (χ3n) is 3.61. The summed E-state index contributed by atoms with van der Waals surface area (Å²) < 4.78 is 10.3. The molecule has 0 aliphatic carbocycles. The first kappa shape index (κ1) is 16.9. The third kappa shape index (κ3) is 3.75. The van der Waals surface area contributed by atoms with E-state index in [-0.39, 0.29) is 0 Å². The van der Waals surface area contributed by atoms with Crippen molar-refractivity contribution in [2.75, 3.05) is 6.61 Å². The van der Waals surface area contributed by atoms with Crippen LogP contribution in [-0.4, -0.2) is 23.5 Å². The Labute approximate surface area is 149 Å². The number of carbonyl (C=O) groups excluding carboxylic acids is 2. The molecular weight excluding hydrogens is 344 g/mol. The molecule has 0 saturated heterocycles. The van der Waals surface area contributed by atoms with E-state index in [1.54, 1.807) is 24.3 Å². The molecule has 2 heterocycles. The number of hydrogen-bond acceptors (Lipinski definition) is 5. The molecule has 6 nitrogen and oxygen atoms in total. The van der Waals surface area contributed by atoms with Crippen molar-refractivity contribution in [1.82, 2.24) is 10.4 Å². The van der Waals surface area contributed by atoms with Gasteiger partial charge in [0.1, 0.15) is 11.8 Å². The molecule has 25 heavy (non-hydrogen) atoms. The Morgan fingerprint density at radius 1 is 1.32 bits per heavy atom. The molecule has 0 saturated carbocycles. The minimum Gasteiger partial charge on any atom is -0.467 e. The topological polar surface area (TPSA) is 71.8 Å². The van der Waals surface area contributed by atoms with Crippen LogP contribution in [0.3, 0.4) is 0 Å². The SMILES string of the molecule is C=CC(=O)OCC(=O)N1NC(c2ccc(Cl)cc2)=CC1c1ccco1. The van der Waals surface area contributed by atoms with Gasteiger partial charge in [0.2, 0.25) is 0 Å². The lowest BCUT2D eigenvalue weighted by Crippen LogP contribution is -2.41. The number of halogens is 1. The maximum atomic E-state index is 12.5. The lowest BCUT2D eigenvalue weighted by atomic mass is 10.1. The zero-order chi connectivity index (χ0) is 17.8. The van der Waals surface area contributed by atoms with E-state index in [2.05, 4.69) is 12.0 Å². The van der Waals surface area contributed by atoms with Gasteiger partial charge in [-0.15, -0.1) is 0 Å². The average molecular weight is 359 g/mol. The Balaban J connectivity index is 1.83. The van der Waals surface area contributed by atoms with Gasteiger partial charge in [-0.3, -0.25) is 10.2 Å². The van der Waals surface area contributed by atoms with Crippen LogP contribution >= 0.6 is 11.6 Å². The fraction of sp³-hybridized carbons (Fsp3) is 0.111. The monoisotopic (exact) mass is 358 g/mol. The fourth-order valence-corrected chi connectivity index (χ4v) is 2.53. The molecule has 1 unspecified atom stereocenters. The van der Waals surface area contributed by atoms with Crippen molar-refractivity contribution in [2.45, 2.75) is 6.04 Å². The van der Waals surface area contributed by atoms with E-state index in [1.807, 2.05) is 18.2 Å².